The van der Waals surface area contributed by atoms with Gasteiger partial charge in [0.15, 0.2) is 0 Å². The number of carbonyl (C=O) groups is 4. The number of nitriles is 4. The number of imidazole rings is 4. The highest BCUT2D eigenvalue weighted by Gasteiger charge is 2.34. The van der Waals surface area contributed by atoms with E-state index in [-0.39, 0.29) is 36.5 Å². The van der Waals surface area contributed by atoms with E-state index in [2.05, 4.69) is 107 Å². The quantitative estimate of drug-likeness (QED) is 0.162. The van der Waals surface area contributed by atoms with E-state index in [4.69, 9.17) is 23.9 Å². The smallest absolute Gasteiger partial charge is 0.416 e. The number of halogens is 3. The molecule has 11 aromatic carbocycles. The van der Waals surface area contributed by atoms with Crippen LogP contribution in [0.15, 0.2) is 268 Å². The summed E-state index contributed by atoms with van der Waals surface area (Å²) < 4.78 is 73.2. The minimum atomic E-state index is -4.57. The van der Waals surface area contributed by atoms with Gasteiger partial charge in [-0.2, -0.15) is 34.2 Å². The Morgan fingerprint density at radius 2 is 0.950 bits per heavy atom. The molecule has 28 nitrogen and oxygen atoms in total. The fraction of sp³-hybridized carbons (Fsp3) is 0.229. The molecule has 1 fully saturated rings. The molecule has 6 aliphatic heterocycles. The number of hydrogen-bond acceptors (Lipinski definition) is 20. The van der Waals surface area contributed by atoms with E-state index in [1.807, 2.05) is 168 Å². The zero-order valence-electron chi connectivity index (χ0n) is 78.0. The maximum atomic E-state index is 13.7. The average molecular weight is 1870 g/mol. The summed E-state index contributed by atoms with van der Waals surface area (Å²) in [5, 5.41) is 43.4. The first-order valence-corrected chi connectivity index (χ1v) is 45.8. The lowest BCUT2D eigenvalue weighted by atomic mass is 10.0. The molecule has 4 aromatic heterocycles. The molecule has 1 saturated heterocycles. The Hall–Kier alpha value is -16.8. The second-order valence-corrected chi connectivity index (χ2v) is 35.2. The molecule has 15 aromatic rings. The molecule has 6 aliphatic rings. The van der Waals surface area contributed by atoms with Gasteiger partial charge in [0.2, 0.25) is 23.6 Å². The van der Waals surface area contributed by atoms with E-state index >= 15 is 0 Å². The van der Waals surface area contributed by atoms with Crippen LogP contribution < -0.4 is 39.0 Å². The number of nitrogens with one attached hydrogen (secondary N) is 1. The largest absolute Gasteiger partial charge is 0.456 e. The zero-order valence-corrected chi connectivity index (χ0v) is 78.0. The highest BCUT2D eigenvalue weighted by atomic mass is 19.4. The van der Waals surface area contributed by atoms with Crippen LogP contribution in [0.2, 0.25) is 0 Å². The van der Waals surface area contributed by atoms with Gasteiger partial charge in [0.1, 0.15) is 76.1 Å². The number of fused-ring (bicyclic) bond motifs is 17. The number of benzene rings is 11. The average Bonchev–Trinajstić information content (AvgIpc) is 0.891. The van der Waals surface area contributed by atoms with Crippen LogP contribution in [-0.2, 0) is 84.3 Å². The van der Waals surface area contributed by atoms with Crippen LogP contribution in [0.1, 0.15) is 115 Å². The lowest BCUT2D eigenvalue weighted by molar-refractivity contribution is -0.137. The van der Waals surface area contributed by atoms with Gasteiger partial charge in [0.05, 0.1) is 114 Å². The number of aromatic nitrogens is 8. The van der Waals surface area contributed by atoms with Crippen molar-refractivity contribution >= 4 is 62.8 Å². The number of unbranched alkanes of at least 4 members (excludes halogenated alkanes) is 1. The number of nitrogens with zero attached hydrogens (tertiary/aromatic N) is 19. The molecule has 0 aliphatic carbocycles. The first-order valence-electron chi connectivity index (χ1n) is 45.8. The van der Waals surface area contributed by atoms with Crippen LogP contribution in [0.25, 0.3) is 10.8 Å². The van der Waals surface area contributed by atoms with Crippen molar-refractivity contribution in [3.05, 3.63) is 364 Å². The third-order valence-electron chi connectivity index (χ3n) is 24.6. The van der Waals surface area contributed by atoms with E-state index < -0.39 is 17.6 Å². The number of hydrogen-bond donors (Lipinski definition) is 1. The standard InChI is InChI=1S/C30H29N5O2.C28H22F3N5O2.C27H23N5O2.C24H25N5O2/c1-21-7-9-25(22(2)11-21)17-35-26-5-4-6-28(13-26)37-29-12-23(8-10-24(29)14-31)16-34-20-32-15-27(34)18-33(3)19-30(35)36;1-34-16-24-14-33-18-35(24)15-19-8-9-20(13-32)26(10-19)38-25-7-3-6-23(12-25)36(27(37)17-34)22-5-2-4-21(11-22)28(29,30)31;1-18-29-22-15-30-9-10-32(27(33)17-30)25-4-2-3-20-7-8-23(12-24(20)25)34-26-11-19(14-31(18)16-22)5-6-21(26)13-28;1-2-3-9-28-15-21-13-26-17-29(21)14-18-7-8-19(12-25)23(10-18)31-22-6-4-5-20(11-22)27-24(30)16-28/h4-13,15,20H,16-19H2,1-3H3;2-12,14,18H,15-17H2,1H3;2-8,11-12,16H,9-10,14-15,17H2,1H3;4-8,10-11,13,17H,2-3,9,14-16H2,1H3,(H,27,30). The molecule has 4 amide bonds. The molecule has 31 heteroatoms. The van der Waals surface area contributed by atoms with E-state index in [0.717, 1.165) is 122 Å². The highest BCUT2D eigenvalue weighted by Crippen LogP contribution is 2.41. The molecule has 20 bridgehead atoms. The second-order valence-electron chi connectivity index (χ2n) is 35.2. The predicted molar refractivity (Wildman–Crippen MR) is 523 cm³/mol. The summed E-state index contributed by atoms with van der Waals surface area (Å²) >= 11 is 0. The zero-order chi connectivity index (χ0) is 97.7. The molecule has 0 radical (unpaired) electrons. The Bertz CT molecular complexity index is 7360. The number of carbonyl (C=O) groups excluding carboxylic acids is 4. The summed E-state index contributed by atoms with van der Waals surface area (Å²) in [5.41, 5.74) is 14.7. The number of amides is 4. The minimum absolute atomic E-state index is 0.0150. The summed E-state index contributed by atoms with van der Waals surface area (Å²) in [4.78, 5) is 83.9. The van der Waals surface area contributed by atoms with Crippen molar-refractivity contribution < 1.29 is 51.3 Å². The van der Waals surface area contributed by atoms with Crippen molar-refractivity contribution in [2.24, 2.45) is 0 Å². The third kappa shape index (κ3) is 23.0. The molecule has 704 valence electrons. The predicted octanol–water partition coefficient (Wildman–Crippen LogP) is 19.3. The van der Waals surface area contributed by atoms with Gasteiger partial charge in [-0.3, -0.25) is 43.7 Å². The summed E-state index contributed by atoms with van der Waals surface area (Å²) in [6, 6.07) is 75.0. The van der Waals surface area contributed by atoms with Gasteiger partial charge in [0, 0.05) is 131 Å². The molecule has 140 heavy (non-hydrogen) atoms. The molecule has 1 atom stereocenters. The first-order chi connectivity index (χ1) is 67.8. The van der Waals surface area contributed by atoms with E-state index in [9.17, 15) is 53.4 Å². The lowest BCUT2D eigenvalue weighted by Crippen LogP contribution is -2.50. The summed E-state index contributed by atoms with van der Waals surface area (Å²) in [7, 11) is 3.71. The highest BCUT2D eigenvalue weighted by molar-refractivity contribution is 6.05. The molecule has 1 unspecified atom stereocenters. The molecule has 1 N–H and O–H groups in total. The van der Waals surface area contributed by atoms with Crippen molar-refractivity contribution in [2.45, 2.75) is 106 Å². The molecule has 0 spiro atoms. The van der Waals surface area contributed by atoms with Crippen molar-refractivity contribution in [3.63, 3.8) is 0 Å². The van der Waals surface area contributed by atoms with Crippen LogP contribution in [0.4, 0.5) is 41.6 Å². The Labute approximate surface area is 807 Å². The van der Waals surface area contributed by atoms with E-state index in [1.165, 1.54) is 22.6 Å². The van der Waals surface area contributed by atoms with Gasteiger partial charge in [-0.1, -0.05) is 104 Å². The SMILES string of the molecule is CCCCN1CC(=O)Nc2cccc(c2)Oc2cc(ccc2C#N)Cn2cncc2C1.CN1CC(=O)N(c2cccc(C(F)(F)F)c2)c2cccc(c2)Oc2cc(ccc2C#N)Cn2cncc2C1.Cc1ccc(CN2C(=O)CN(C)Cc3cncn3Cc3ccc(C#N)c(c3)Oc3cccc2c3)c(C)c1.Cc1nc2cn1Cc1ccc(C#N)c(c1)Oc1ccc3cccc(c3c1)N1CCN(CC1=O)C2. The van der Waals surface area contributed by atoms with Crippen LogP contribution in [0, 0.1) is 66.1 Å². The number of anilines is 5. The molecular weight excluding hydrogens is 1770 g/mol. The molecular formula is C109H99F3N20O8. The Balaban J connectivity index is 0.000000129. The first kappa shape index (κ1) is 94.9. The van der Waals surface area contributed by atoms with Gasteiger partial charge < -0.3 is 52.3 Å². The number of alkyl halides is 3. The number of likely N-dealkylation sites (N-methyl/N-ethyl adjacent to an activating group) is 2. The minimum Gasteiger partial charge on any atom is -0.456 e. The Morgan fingerprint density at radius 1 is 0.450 bits per heavy atom. The Kier molecular flexibility index (Phi) is 28.9. The third-order valence-corrected chi connectivity index (χ3v) is 24.6. The van der Waals surface area contributed by atoms with Crippen molar-refractivity contribution in [1.29, 1.82) is 21.0 Å². The second kappa shape index (κ2) is 42.6. The van der Waals surface area contributed by atoms with Gasteiger partial charge >= 0.3 is 6.18 Å². The number of aryl methyl sites for hydroxylation is 3. The van der Waals surface area contributed by atoms with Crippen LogP contribution in [0.5, 0.6) is 46.0 Å². The molecule has 10 heterocycles. The van der Waals surface area contributed by atoms with Crippen LogP contribution >= 0.6 is 0 Å². The van der Waals surface area contributed by atoms with Crippen molar-refractivity contribution in [1.82, 2.24) is 57.8 Å². The maximum absolute atomic E-state index is 13.7. The molecule has 0 saturated carbocycles. The van der Waals surface area contributed by atoms with E-state index in [0.29, 0.717) is 158 Å². The van der Waals surface area contributed by atoms with Crippen molar-refractivity contribution in [3.8, 4) is 70.3 Å². The number of ether oxygens (including phenoxy) is 4. The topological polar surface area (TPSA) is 306 Å². The van der Waals surface area contributed by atoms with Gasteiger partial charge in [-0.05, 0) is 208 Å². The van der Waals surface area contributed by atoms with Crippen LogP contribution in [0.3, 0.4) is 0 Å². The van der Waals surface area contributed by atoms with Gasteiger partial charge in [-0.15, -0.1) is 0 Å². The van der Waals surface area contributed by atoms with Gasteiger partial charge in [-0.25, -0.2) is 19.9 Å². The lowest BCUT2D eigenvalue weighted by Gasteiger charge is -2.34. The summed E-state index contributed by atoms with van der Waals surface area (Å²) in [5.74, 6) is 4.37. The normalized spacial score (nSPS) is 15.2. The fourth-order valence-corrected chi connectivity index (χ4v) is 17.5. The molecule has 21 rings (SSSR count). The maximum Gasteiger partial charge on any atom is 0.416 e. The Morgan fingerprint density at radius 3 is 1.49 bits per heavy atom. The fourth-order valence-electron chi connectivity index (χ4n) is 17.5. The van der Waals surface area contributed by atoms with Gasteiger partial charge in [0.25, 0.3) is 0 Å². The van der Waals surface area contributed by atoms with Crippen molar-refractivity contribution in [2.75, 3.05) is 79.9 Å². The summed E-state index contributed by atoms with van der Waals surface area (Å²) in [6.45, 7) is 16.2. The monoisotopic (exact) mass is 1870 g/mol. The number of piperazine rings is 1. The van der Waals surface area contributed by atoms with E-state index in [1.54, 1.807) is 103 Å². The van der Waals surface area contributed by atoms with Crippen LogP contribution in [-0.4, -0.2) is 141 Å². The summed E-state index contributed by atoms with van der Waals surface area (Å²) in [6.07, 6.45) is 10.2. The number of rotatable bonds is 6.